The number of amides is 3. The first-order chi connectivity index (χ1) is 11.5. The second-order valence-corrected chi connectivity index (χ2v) is 6.03. The Morgan fingerprint density at radius 3 is 2.42 bits per heavy atom. The van der Waals surface area contributed by atoms with E-state index < -0.39 is 17.6 Å². The summed E-state index contributed by atoms with van der Waals surface area (Å²) in [6.45, 7) is 1.92. The summed E-state index contributed by atoms with van der Waals surface area (Å²) in [6.07, 6.45) is 1.21. The Morgan fingerprint density at radius 1 is 1.08 bits per heavy atom. The summed E-state index contributed by atoms with van der Waals surface area (Å²) in [5.74, 6) is -3.31. The third-order valence-corrected chi connectivity index (χ3v) is 4.41. The molecular weight excluding hydrogens is 320 g/mol. The molecule has 24 heavy (non-hydrogen) atoms. The number of anilines is 1. The molecule has 0 aromatic heterocycles. The van der Waals surface area contributed by atoms with Crippen molar-refractivity contribution >= 4 is 23.9 Å². The Kier molecular flexibility index (Phi) is 4.46. The molecular formula is C16H17F2N3O3. The number of hydrogen-bond donors (Lipinski definition) is 1. The van der Waals surface area contributed by atoms with Crippen molar-refractivity contribution in [3.8, 4) is 0 Å². The Labute approximate surface area is 137 Å². The molecule has 3 rings (SSSR count). The minimum Gasteiger partial charge on any atom is -0.342 e. The third-order valence-electron chi connectivity index (χ3n) is 4.41. The second-order valence-electron chi connectivity index (χ2n) is 6.03. The SMILES string of the molecule is O=CN1CCN(C(=O)C2CC2C(=O)Nc2ccc(F)c(F)c2)CC1. The lowest BCUT2D eigenvalue weighted by Gasteiger charge is -2.32. The third kappa shape index (κ3) is 3.37. The van der Waals surface area contributed by atoms with Gasteiger partial charge in [-0.2, -0.15) is 0 Å². The fourth-order valence-corrected chi connectivity index (χ4v) is 2.85. The van der Waals surface area contributed by atoms with Crippen LogP contribution in [-0.2, 0) is 14.4 Å². The van der Waals surface area contributed by atoms with Gasteiger partial charge in [0.25, 0.3) is 0 Å². The Hall–Kier alpha value is -2.51. The molecule has 1 N–H and O–H groups in total. The predicted octanol–water partition coefficient (Wildman–Crippen LogP) is 0.840. The van der Waals surface area contributed by atoms with Crippen molar-refractivity contribution in [1.29, 1.82) is 0 Å². The number of nitrogens with one attached hydrogen (secondary N) is 1. The smallest absolute Gasteiger partial charge is 0.228 e. The van der Waals surface area contributed by atoms with Gasteiger partial charge in [0.15, 0.2) is 11.6 Å². The minimum absolute atomic E-state index is 0.0917. The maximum atomic E-state index is 13.1. The molecule has 2 aliphatic rings. The first-order valence-corrected chi connectivity index (χ1v) is 7.73. The molecule has 8 heteroatoms. The molecule has 0 radical (unpaired) electrons. The second kappa shape index (κ2) is 6.54. The fourth-order valence-electron chi connectivity index (χ4n) is 2.85. The highest BCUT2D eigenvalue weighted by molar-refractivity contribution is 5.99. The number of nitrogens with zero attached hydrogens (tertiary/aromatic N) is 2. The number of halogens is 2. The van der Waals surface area contributed by atoms with Crippen LogP contribution in [0.4, 0.5) is 14.5 Å². The Bertz CT molecular complexity index is 675. The molecule has 1 aliphatic carbocycles. The van der Waals surface area contributed by atoms with Crippen LogP contribution in [0.3, 0.4) is 0 Å². The van der Waals surface area contributed by atoms with E-state index in [1.165, 1.54) is 6.07 Å². The maximum absolute atomic E-state index is 13.1. The maximum Gasteiger partial charge on any atom is 0.228 e. The average Bonchev–Trinajstić information content (AvgIpc) is 3.38. The molecule has 3 amide bonds. The zero-order chi connectivity index (χ0) is 17.3. The summed E-state index contributed by atoms with van der Waals surface area (Å²) in [6, 6.07) is 3.12. The summed E-state index contributed by atoms with van der Waals surface area (Å²) in [5, 5.41) is 2.50. The van der Waals surface area contributed by atoms with Gasteiger partial charge < -0.3 is 15.1 Å². The van der Waals surface area contributed by atoms with Crippen LogP contribution in [0.15, 0.2) is 18.2 Å². The van der Waals surface area contributed by atoms with Crippen molar-refractivity contribution in [1.82, 2.24) is 9.80 Å². The van der Waals surface area contributed by atoms with Crippen molar-refractivity contribution in [3.63, 3.8) is 0 Å². The first kappa shape index (κ1) is 16.4. The van der Waals surface area contributed by atoms with E-state index in [1.807, 2.05) is 0 Å². The van der Waals surface area contributed by atoms with Gasteiger partial charge in [-0.25, -0.2) is 8.78 Å². The fraction of sp³-hybridized carbons (Fsp3) is 0.438. The van der Waals surface area contributed by atoms with Gasteiger partial charge in [-0.3, -0.25) is 14.4 Å². The number of hydrogen-bond acceptors (Lipinski definition) is 3. The van der Waals surface area contributed by atoms with Crippen molar-refractivity contribution in [2.75, 3.05) is 31.5 Å². The van der Waals surface area contributed by atoms with Gasteiger partial charge in [0.2, 0.25) is 18.2 Å². The number of carbonyl (C=O) groups excluding carboxylic acids is 3. The summed E-state index contributed by atoms with van der Waals surface area (Å²) in [5.41, 5.74) is 0.164. The number of piperazine rings is 1. The van der Waals surface area contributed by atoms with Gasteiger partial charge in [0.1, 0.15) is 0 Å². The quantitative estimate of drug-likeness (QED) is 0.828. The van der Waals surface area contributed by atoms with E-state index in [2.05, 4.69) is 5.32 Å². The van der Waals surface area contributed by atoms with Gasteiger partial charge in [0.05, 0.1) is 11.8 Å². The molecule has 0 spiro atoms. The normalized spacial score (nSPS) is 22.9. The Morgan fingerprint density at radius 2 is 1.79 bits per heavy atom. The van der Waals surface area contributed by atoms with E-state index in [0.717, 1.165) is 18.5 Å². The van der Waals surface area contributed by atoms with Crippen LogP contribution in [0.5, 0.6) is 0 Å². The lowest BCUT2D eigenvalue weighted by atomic mass is 10.2. The highest BCUT2D eigenvalue weighted by atomic mass is 19.2. The zero-order valence-corrected chi connectivity index (χ0v) is 12.9. The molecule has 1 saturated carbocycles. The van der Waals surface area contributed by atoms with E-state index in [9.17, 15) is 23.2 Å². The molecule has 1 saturated heterocycles. The van der Waals surface area contributed by atoms with Gasteiger partial charge >= 0.3 is 0 Å². The van der Waals surface area contributed by atoms with Crippen LogP contribution in [0, 0.1) is 23.5 Å². The number of rotatable bonds is 4. The van der Waals surface area contributed by atoms with Crippen molar-refractivity contribution in [2.45, 2.75) is 6.42 Å². The molecule has 1 aromatic carbocycles. The van der Waals surface area contributed by atoms with Gasteiger partial charge in [-0.1, -0.05) is 0 Å². The number of benzene rings is 1. The largest absolute Gasteiger partial charge is 0.342 e. The molecule has 2 unspecified atom stereocenters. The van der Waals surface area contributed by atoms with Crippen molar-refractivity contribution < 1.29 is 23.2 Å². The van der Waals surface area contributed by atoms with Crippen molar-refractivity contribution in [3.05, 3.63) is 29.8 Å². The van der Waals surface area contributed by atoms with Crippen LogP contribution >= 0.6 is 0 Å². The summed E-state index contributed by atoms with van der Waals surface area (Å²) in [4.78, 5) is 38.4. The molecule has 6 nitrogen and oxygen atoms in total. The van der Waals surface area contributed by atoms with Crippen LogP contribution in [0.1, 0.15) is 6.42 Å². The predicted molar refractivity (Wildman–Crippen MR) is 80.8 cm³/mol. The average molecular weight is 337 g/mol. The van der Waals surface area contributed by atoms with Crippen LogP contribution < -0.4 is 5.32 Å². The molecule has 1 aromatic rings. The van der Waals surface area contributed by atoms with E-state index >= 15 is 0 Å². The molecule has 0 bridgehead atoms. The lowest BCUT2D eigenvalue weighted by molar-refractivity contribution is -0.137. The summed E-state index contributed by atoms with van der Waals surface area (Å²) in [7, 11) is 0. The molecule has 2 fully saturated rings. The van der Waals surface area contributed by atoms with E-state index in [1.54, 1.807) is 9.80 Å². The molecule has 1 heterocycles. The van der Waals surface area contributed by atoms with Crippen LogP contribution in [0.25, 0.3) is 0 Å². The van der Waals surface area contributed by atoms with E-state index in [4.69, 9.17) is 0 Å². The summed E-state index contributed by atoms with van der Waals surface area (Å²) < 4.78 is 26.0. The first-order valence-electron chi connectivity index (χ1n) is 7.73. The lowest BCUT2D eigenvalue weighted by Crippen LogP contribution is -2.48. The van der Waals surface area contributed by atoms with Gasteiger partial charge in [-0.15, -0.1) is 0 Å². The monoisotopic (exact) mass is 337 g/mol. The standard InChI is InChI=1S/C16H17F2N3O3/c17-13-2-1-10(7-14(13)18)19-15(23)11-8-12(11)16(24)21-5-3-20(9-22)4-6-21/h1-2,7,9,11-12H,3-6,8H2,(H,19,23). The van der Waals surface area contributed by atoms with Gasteiger partial charge in [-0.05, 0) is 18.6 Å². The van der Waals surface area contributed by atoms with Gasteiger partial charge in [0, 0.05) is 37.9 Å². The minimum atomic E-state index is -1.04. The topological polar surface area (TPSA) is 69.7 Å². The molecule has 2 atom stereocenters. The van der Waals surface area contributed by atoms with Crippen LogP contribution in [0.2, 0.25) is 0 Å². The number of carbonyl (C=O) groups is 3. The van der Waals surface area contributed by atoms with Crippen LogP contribution in [-0.4, -0.2) is 54.2 Å². The highest BCUT2D eigenvalue weighted by Crippen LogP contribution is 2.41. The molecule has 128 valence electrons. The van der Waals surface area contributed by atoms with E-state index in [-0.39, 0.29) is 23.4 Å². The highest BCUT2D eigenvalue weighted by Gasteiger charge is 2.49. The summed E-state index contributed by atoms with van der Waals surface area (Å²) >= 11 is 0. The van der Waals surface area contributed by atoms with Crippen molar-refractivity contribution in [2.24, 2.45) is 11.8 Å². The zero-order valence-electron chi connectivity index (χ0n) is 12.9. The van der Waals surface area contributed by atoms with E-state index in [0.29, 0.717) is 32.6 Å². The molecule has 1 aliphatic heterocycles. The Balaban J connectivity index is 1.52.